The number of carbonyl (C=O) groups excluding carboxylic acids is 1. The topological polar surface area (TPSA) is 129 Å². The minimum atomic E-state index is -1.15. The molecular weight excluding hydrogens is 374 g/mol. The van der Waals surface area contributed by atoms with E-state index < -0.39 is 11.6 Å². The van der Waals surface area contributed by atoms with Gasteiger partial charge >= 0.3 is 5.97 Å². The van der Waals surface area contributed by atoms with Crippen LogP contribution in [0, 0.1) is 6.92 Å². The molecule has 2 aromatic heterocycles. The standard InChI is InChI=1S/C20H25N5O4/c1-11-9-15(25-24-11)22-14-10-13-5-8-21-18(26)16(13)17(23-14)12-3-6-20(29-2,7-4-12)19(27)28/h9-10,12H,3-8H2,1-2H3,(H,21,26)(H,27,28)(H2,22,23,24,25). The van der Waals surface area contributed by atoms with Crippen LogP contribution in [0.1, 0.15) is 58.9 Å². The van der Waals surface area contributed by atoms with Crippen LogP contribution in [-0.2, 0) is 16.0 Å². The first-order valence-corrected chi connectivity index (χ1v) is 9.81. The Bertz CT molecular complexity index is 946. The van der Waals surface area contributed by atoms with E-state index in [-0.39, 0.29) is 11.8 Å². The lowest BCUT2D eigenvalue weighted by molar-refractivity contribution is -0.166. The number of aromatic amines is 1. The Morgan fingerprint density at radius 3 is 2.69 bits per heavy atom. The molecule has 0 saturated heterocycles. The van der Waals surface area contributed by atoms with Crippen molar-refractivity contribution in [3.8, 4) is 0 Å². The zero-order valence-electron chi connectivity index (χ0n) is 16.5. The van der Waals surface area contributed by atoms with E-state index in [9.17, 15) is 14.7 Å². The molecule has 0 aromatic carbocycles. The maximum Gasteiger partial charge on any atom is 0.335 e. The summed E-state index contributed by atoms with van der Waals surface area (Å²) in [5, 5.41) is 22.8. The number of amides is 1. The molecule has 2 aliphatic rings. The van der Waals surface area contributed by atoms with Crippen molar-refractivity contribution in [2.24, 2.45) is 0 Å². The van der Waals surface area contributed by atoms with Crippen LogP contribution in [0.25, 0.3) is 0 Å². The first-order valence-electron chi connectivity index (χ1n) is 9.81. The van der Waals surface area contributed by atoms with Gasteiger partial charge < -0.3 is 20.5 Å². The van der Waals surface area contributed by atoms with Crippen LogP contribution < -0.4 is 10.6 Å². The number of pyridine rings is 1. The second-order valence-corrected chi connectivity index (χ2v) is 7.77. The maximum atomic E-state index is 12.6. The van der Waals surface area contributed by atoms with E-state index in [4.69, 9.17) is 9.72 Å². The molecule has 0 spiro atoms. The summed E-state index contributed by atoms with van der Waals surface area (Å²) in [6.45, 7) is 2.51. The van der Waals surface area contributed by atoms with Gasteiger partial charge in [-0.05, 0) is 50.7 Å². The minimum Gasteiger partial charge on any atom is -0.479 e. The number of nitrogens with zero attached hydrogens (tertiary/aromatic N) is 2. The van der Waals surface area contributed by atoms with E-state index in [1.165, 1.54) is 7.11 Å². The third-order valence-corrected chi connectivity index (χ3v) is 5.96. The third-order valence-electron chi connectivity index (χ3n) is 5.96. The van der Waals surface area contributed by atoms with Gasteiger partial charge in [0.2, 0.25) is 0 Å². The highest BCUT2D eigenvalue weighted by atomic mass is 16.5. The average molecular weight is 399 g/mol. The van der Waals surface area contributed by atoms with Gasteiger partial charge in [0.25, 0.3) is 5.91 Å². The zero-order valence-corrected chi connectivity index (χ0v) is 16.5. The largest absolute Gasteiger partial charge is 0.479 e. The third kappa shape index (κ3) is 3.57. The van der Waals surface area contributed by atoms with E-state index in [0.29, 0.717) is 49.4 Å². The normalized spacial score (nSPS) is 23.9. The Hall–Kier alpha value is -2.94. The Kier molecular flexibility index (Phi) is 4.99. The number of aryl methyl sites for hydroxylation is 1. The SMILES string of the molecule is COC1(C(=O)O)CCC(c2nc(Nc3cc(C)[nH]n3)cc3c2C(=O)NCC3)CC1. The molecule has 1 aliphatic carbocycles. The van der Waals surface area contributed by atoms with Gasteiger partial charge in [0, 0.05) is 31.3 Å². The van der Waals surface area contributed by atoms with Crippen molar-refractivity contribution >= 4 is 23.5 Å². The number of ether oxygens (including phenoxy) is 1. The van der Waals surface area contributed by atoms with Gasteiger partial charge in [0.15, 0.2) is 11.4 Å². The van der Waals surface area contributed by atoms with Crippen LogP contribution in [0.5, 0.6) is 0 Å². The summed E-state index contributed by atoms with van der Waals surface area (Å²) < 4.78 is 5.34. The highest BCUT2D eigenvalue weighted by Crippen LogP contribution is 2.41. The van der Waals surface area contributed by atoms with Crippen molar-refractivity contribution in [3.05, 3.63) is 34.6 Å². The zero-order chi connectivity index (χ0) is 20.6. The molecule has 3 heterocycles. The molecule has 4 rings (SSSR count). The van der Waals surface area contributed by atoms with Gasteiger partial charge in [-0.2, -0.15) is 5.10 Å². The molecule has 29 heavy (non-hydrogen) atoms. The summed E-state index contributed by atoms with van der Waals surface area (Å²) in [5.74, 6) is 0.252. The van der Waals surface area contributed by atoms with Crippen molar-refractivity contribution in [1.29, 1.82) is 0 Å². The Labute approximate surface area is 168 Å². The number of methoxy groups -OCH3 is 1. The van der Waals surface area contributed by atoms with Crippen molar-refractivity contribution in [1.82, 2.24) is 20.5 Å². The lowest BCUT2D eigenvalue weighted by Crippen LogP contribution is -2.44. The summed E-state index contributed by atoms with van der Waals surface area (Å²) in [6, 6.07) is 3.79. The van der Waals surface area contributed by atoms with E-state index in [1.54, 1.807) is 0 Å². The number of aromatic nitrogens is 3. The second-order valence-electron chi connectivity index (χ2n) is 7.77. The van der Waals surface area contributed by atoms with Crippen LogP contribution in [0.15, 0.2) is 12.1 Å². The van der Waals surface area contributed by atoms with Crippen LogP contribution in [0.3, 0.4) is 0 Å². The van der Waals surface area contributed by atoms with Gasteiger partial charge in [-0.25, -0.2) is 9.78 Å². The van der Waals surface area contributed by atoms with Crippen molar-refractivity contribution < 1.29 is 19.4 Å². The van der Waals surface area contributed by atoms with E-state index >= 15 is 0 Å². The summed E-state index contributed by atoms with van der Waals surface area (Å²) >= 11 is 0. The molecule has 0 unspecified atom stereocenters. The van der Waals surface area contributed by atoms with Crippen LogP contribution in [0.4, 0.5) is 11.6 Å². The Morgan fingerprint density at radius 1 is 1.31 bits per heavy atom. The number of hydrogen-bond donors (Lipinski definition) is 4. The number of anilines is 2. The summed E-state index contributed by atoms with van der Waals surface area (Å²) in [6.07, 6.45) is 2.69. The number of carboxylic acids is 1. The van der Waals surface area contributed by atoms with Gasteiger partial charge in [-0.1, -0.05) is 0 Å². The molecule has 0 atom stereocenters. The lowest BCUT2D eigenvalue weighted by Gasteiger charge is -2.36. The minimum absolute atomic E-state index is 0.00195. The molecule has 9 heteroatoms. The van der Waals surface area contributed by atoms with Crippen LogP contribution >= 0.6 is 0 Å². The Morgan fingerprint density at radius 2 is 2.07 bits per heavy atom. The number of carboxylic acid groups (broad SMARTS) is 1. The monoisotopic (exact) mass is 399 g/mol. The molecule has 4 N–H and O–H groups in total. The molecule has 0 radical (unpaired) electrons. The van der Waals surface area contributed by atoms with Gasteiger partial charge in [0.05, 0.1) is 11.3 Å². The number of fused-ring (bicyclic) bond motifs is 1. The molecule has 1 aliphatic heterocycles. The molecule has 1 fully saturated rings. The van der Waals surface area contributed by atoms with Crippen molar-refractivity contribution in [2.75, 3.05) is 19.0 Å². The molecule has 0 bridgehead atoms. The summed E-state index contributed by atoms with van der Waals surface area (Å²) in [5.41, 5.74) is 2.09. The predicted molar refractivity (Wildman–Crippen MR) is 105 cm³/mol. The number of H-pyrrole nitrogens is 1. The van der Waals surface area contributed by atoms with Gasteiger partial charge in [-0.3, -0.25) is 9.89 Å². The lowest BCUT2D eigenvalue weighted by atomic mass is 9.75. The molecule has 1 saturated carbocycles. The first-order chi connectivity index (χ1) is 13.9. The fraction of sp³-hybridized carbons (Fsp3) is 0.500. The highest BCUT2D eigenvalue weighted by Gasteiger charge is 2.43. The first kappa shape index (κ1) is 19.4. The van der Waals surface area contributed by atoms with Crippen molar-refractivity contribution in [3.63, 3.8) is 0 Å². The van der Waals surface area contributed by atoms with E-state index in [0.717, 1.165) is 23.4 Å². The molecule has 154 valence electrons. The highest BCUT2D eigenvalue weighted by molar-refractivity contribution is 5.98. The van der Waals surface area contributed by atoms with E-state index in [1.807, 2.05) is 19.1 Å². The summed E-state index contributed by atoms with van der Waals surface area (Å²) in [7, 11) is 1.44. The average Bonchev–Trinajstić information content (AvgIpc) is 3.12. The number of nitrogens with one attached hydrogen (secondary N) is 3. The molecule has 9 nitrogen and oxygen atoms in total. The smallest absolute Gasteiger partial charge is 0.335 e. The quantitative estimate of drug-likeness (QED) is 0.607. The van der Waals surface area contributed by atoms with Gasteiger partial charge in [-0.15, -0.1) is 0 Å². The fourth-order valence-electron chi connectivity index (χ4n) is 4.31. The summed E-state index contributed by atoms with van der Waals surface area (Å²) in [4.78, 5) is 29.0. The van der Waals surface area contributed by atoms with E-state index in [2.05, 4.69) is 20.8 Å². The van der Waals surface area contributed by atoms with Crippen LogP contribution in [-0.4, -0.2) is 51.4 Å². The van der Waals surface area contributed by atoms with Crippen LogP contribution in [0.2, 0.25) is 0 Å². The predicted octanol–water partition coefficient (Wildman–Crippen LogP) is 2.27. The fourth-order valence-corrected chi connectivity index (χ4v) is 4.31. The molecule has 1 amide bonds. The number of carbonyl (C=O) groups is 2. The number of rotatable bonds is 5. The Balaban J connectivity index is 1.67. The maximum absolute atomic E-state index is 12.6. The molecule has 2 aromatic rings. The van der Waals surface area contributed by atoms with Crippen molar-refractivity contribution in [2.45, 2.75) is 50.5 Å². The van der Waals surface area contributed by atoms with Gasteiger partial charge in [0.1, 0.15) is 5.82 Å². The number of aliphatic carboxylic acids is 1. The number of hydrogen-bond acceptors (Lipinski definition) is 6. The second kappa shape index (κ2) is 7.47. The molecular formula is C20H25N5O4.